The summed E-state index contributed by atoms with van der Waals surface area (Å²) in [6.45, 7) is 0.694. The molecule has 0 unspecified atom stereocenters. The van der Waals surface area contributed by atoms with Gasteiger partial charge in [0.25, 0.3) is 0 Å². The van der Waals surface area contributed by atoms with Crippen molar-refractivity contribution >= 4 is 0 Å². The maximum absolute atomic E-state index is 4.79. The maximum atomic E-state index is 4.79. The van der Waals surface area contributed by atoms with E-state index in [2.05, 4.69) is 24.7 Å². The first-order chi connectivity index (χ1) is 3.83. The van der Waals surface area contributed by atoms with E-state index in [1.807, 2.05) is 0 Å². The smallest absolute Gasteiger partial charge is 0.0548 e. The molecule has 0 bridgehead atoms. The highest BCUT2D eigenvalue weighted by atomic mass is 14.5. The molecule has 0 saturated heterocycles. The van der Waals surface area contributed by atoms with Crippen LogP contribution in [0.2, 0.25) is 0 Å². The van der Waals surface area contributed by atoms with Crippen molar-refractivity contribution < 1.29 is 0 Å². The summed E-state index contributed by atoms with van der Waals surface area (Å²) in [6.07, 6.45) is 9.31. The predicted octanol–water partition coefficient (Wildman–Crippen LogP) is -0.843. The Morgan fingerprint density at radius 2 is 1.12 bits per heavy atom. The minimum atomic E-state index is 0.347. The van der Waals surface area contributed by atoms with E-state index in [-0.39, 0.29) is 0 Å². The van der Waals surface area contributed by atoms with E-state index in [1.54, 1.807) is 0 Å². The first kappa shape index (κ1) is 10.1. The molecule has 0 radical (unpaired) electrons. The van der Waals surface area contributed by atoms with Gasteiger partial charge in [-0.2, -0.15) is 0 Å². The van der Waals surface area contributed by atoms with Crippen LogP contribution in [0, 0.1) is 24.7 Å². The van der Waals surface area contributed by atoms with Crippen LogP contribution in [0.3, 0.4) is 0 Å². The predicted molar refractivity (Wildman–Crippen MR) is 35.8 cm³/mol. The lowest BCUT2D eigenvalue weighted by Crippen LogP contribution is -1.91. The average molecular weight is 110 g/mol. The number of rotatable bonds is 0. The molecule has 0 saturated carbocycles. The number of nitrogens with two attached hydrogens (primary N) is 2. The Balaban J connectivity index is 0. The summed E-state index contributed by atoms with van der Waals surface area (Å²) in [7, 11) is 0. The van der Waals surface area contributed by atoms with E-state index in [0.29, 0.717) is 13.1 Å². The van der Waals surface area contributed by atoms with E-state index in [0.717, 1.165) is 0 Å². The Morgan fingerprint density at radius 3 is 1.12 bits per heavy atom. The zero-order valence-electron chi connectivity index (χ0n) is 4.72. The van der Waals surface area contributed by atoms with Crippen LogP contribution < -0.4 is 11.5 Å². The molecule has 0 aromatic rings. The van der Waals surface area contributed by atoms with Crippen molar-refractivity contribution in [3.8, 4) is 24.7 Å². The van der Waals surface area contributed by atoms with Gasteiger partial charge in [-0.15, -0.1) is 12.8 Å². The summed E-state index contributed by atoms with van der Waals surface area (Å²) >= 11 is 0. The standard InChI is InChI=1S/2C3H5N/c2*1-2-3-4/h2*1H,3-4H2. The Hall–Kier alpha value is -0.960. The van der Waals surface area contributed by atoms with E-state index >= 15 is 0 Å². The van der Waals surface area contributed by atoms with Crippen LogP contribution in [0.1, 0.15) is 0 Å². The molecule has 0 aromatic carbocycles. The van der Waals surface area contributed by atoms with Crippen molar-refractivity contribution in [1.82, 2.24) is 0 Å². The quantitative estimate of drug-likeness (QED) is 0.399. The Bertz CT molecular complexity index is 80.1. The van der Waals surface area contributed by atoms with Gasteiger partial charge in [-0.1, -0.05) is 11.8 Å². The molecule has 4 N–H and O–H groups in total. The summed E-state index contributed by atoms with van der Waals surface area (Å²) in [5.74, 6) is 4.42. The molecule has 0 aliphatic heterocycles. The second kappa shape index (κ2) is 16.6. The molecular weight excluding hydrogens is 100 g/mol. The van der Waals surface area contributed by atoms with Gasteiger partial charge in [0.1, 0.15) is 0 Å². The van der Waals surface area contributed by atoms with Gasteiger partial charge in [0.15, 0.2) is 0 Å². The molecule has 0 rings (SSSR count). The minimum Gasteiger partial charge on any atom is -0.320 e. The third-order valence-corrected chi connectivity index (χ3v) is 0.236. The third-order valence-electron chi connectivity index (χ3n) is 0.236. The first-order valence-corrected chi connectivity index (χ1v) is 2.10. The molecule has 8 heavy (non-hydrogen) atoms. The second-order valence-corrected chi connectivity index (χ2v) is 0.816. The van der Waals surface area contributed by atoms with Gasteiger partial charge >= 0.3 is 0 Å². The molecule has 0 atom stereocenters. The normalized spacial score (nSPS) is 5.00. The van der Waals surface area contributed by atoms with Crippen molar-refractivity contribution in [3.05, 3.63) is 0 Å². The topological polar surface area (TPSA) is 52.0 Å². The molecule has 0 spiro atoms. The van der Waals surface area contributed by atoms with Gasteiger partial charge in [-0.25, -0.2) is 0 Å². The van der Waals surface area contributed by atoms with Crippen molar-refractivity contribution in [3.63, 3.8) is 0 Å². The first-order valence-electron chi connectivity index (χ1n) is 2.10. The lowest BCUT2D eigenvalue weighted by molar-refractivity contribution is 1.30. The molecule has 0 aliphatic carbocycles. The molecule has 44 valence electrons. The van der Waals surface area contributed by atoms with Gasteiger partial charge in [0, 0.05) is 0 Å². The van der Waals surface area contributed by atoms with Crippen molar-refractivity contribution in [1.29, 1.82) is 0 Å². The van der Waals surface area contributed by atoms with Crippen LogP contribution in [0.4, 0.5) is 0 Å². The fraction of sp³-hybridized carbons (Fsp3) is 0.333. The van der Waals surface area contributed by atoms with Gasteiger partial charge in [0.2, 0.25) is 0 Å². The van der Waals surface area contributed by atoms with Gasteiger partial charge < -0.3 is 11.5 Å². The summed E-state index contributed by atoms with van der Waals surface area (Å²) in [5, 5.41) is 0. The summed E-state index contributed by atoms with van der Waals surface area (Å²) in [6, 6.07) is 0. The highest BCUT2D eigenvalue weighted by molar-refractivity contribution is 4.84. The summed E-state index contributed by atoms with van der Waals surface area (Å²) in [4.78, 5) is 0. The lowest BCUT2D eigenvalue weighted by atomic mass is 10.7. The van der Waals surface area contributed by atoms with E-state index in [1.165, 1.54) is 0 Å². The van der Waals surface area contributed by atoms with E-state index < -0.39 is 0 Å². The highest BCUT2D eigenvalue weighted by Crippen LogP contribution is 1.26. The lowest BCUT2D eigenvalue weighted by Gasteiger charge is -1.56. The zero-order chi connectivity index (χ0) is 6.83. The van der Waals surface area contributed by atoms with E-state index in [9.17, 15) is 0 Å². The molecule has 0 heterocycles. The zero-order valence-corrected chi connectivity index (χ0v) is 4.72. The summed E-state index contributed by atoms with van der Waals surface area (Å²) in [5.41, 5.74) is 9.58. The molecule has 0 fully saturated rings. The van der Waals surface area contributed by atoms with Crippen LogP contribution in [-0.2, 0) is 0 Å². The van der Waals surface area contributed by atoms with Crippen LogP contribution in [-0.4, -0.2) is 13.1 Å². The van der Waals surface area contributed by atoms with Crippen LogP contribution in [0.15, 0.2) is 0 Å². The van der Waals surface area contributed by atoms with Crippen LogP contribution in [0.25, 0.3) is 0 Å². The summed E-state index contributed by atoms with van der Waals surface area (Å²) < 4.78 is 0. The Morgan fingerprint density at radius 1 is 1.00 bits per heavy atom. The van der Waals surface area contributed by atoms with Gasteiger partial charge in [0.05, 0.1) is 13.1 Å². The van der Waals surface area contributed by atoms with E-state index in [4.69, 9.17) is 11.5 Å². The highest BCUT2D eigenvalue weighted by Gasteiger charge is 1.42. The fourth-order valence-corrected chi connectivity index (χ4v) is 0. The van der Waals surface area contributed by atoms with Crippen LogP contribution >= 0.6 is 0 Å². The molecule has 0 amide bonds. The molecule has 2 nitrogen and oxygen atoms in total. The molecule has 0 aliphatic rings. The molecule has 0 aromatic heterocycles. The third kappa shape index (κ3) is 76.1. The van der Waals surface area contributed by atoms with Crippen molar-refractivity contribution in [2.45, 2.75) is 0 Å². The number of hydrogen-bond acceptors (Lipinski definition) is 2. The maximum Gasteiger partial charge on any atom is 0.0548 e. The molecule has 2 heteroatoms. The second-order valence-electron chi connectivity index (χ2n) is 0.816. The fourth-order valence-electron chi connectivity index (χ4n) is 0. The number of hydrogen-bond donors (Lipinski definition) is 2. The minimum absolute atomic E-state index is 0.347. The Labute approximate surface area is 50.2 Å². The van der Waals surface area contributed by atoms with Crippen LogP contribution in [0.5, 0.6) is 0 Å². The van der Waals surface area contributed by atoms with Crippen molar-refractivity contribution in [2.24, 2.45) is 11.5 Å². The number of terminal acetylenes is 2. The average Bonchev–Trinajstić information content (AvgIpc) is 1.88. The Kier molecular flexibility index (Phi) is 21.0. The van der Waals surface area contributed by atoms with Gasteiger partial charge in [-0.05, 0) is 0 Å². The van der Waals surface area contributed by atoms with Crippen molar-refractivity contribution in [2.75, 3.05) is 13.1 Å². The van der Waals surface area contributed by atoms with Gasteiger partial charge in [-0.3, -0.25) is 0 Å². The molecular formula is C6H10N2. The monoisotopic (exact) mass is 110 g/mol. The largest absolute Gasteiger partial charge is 0.320 e. The SMILES string of the molecule is C#CCN.C#CCN.